The van der Waals surface area contributed by atoms with Crippen LogP contribution in [0.3, 0.4) is 0 Å². The van der Waals surface area contributed by atoms with E-state index in [2.05, 4.69) is 47.6 Å². The van der Waals surface area contributed by atoms with E-state index in [4.69, 9.17) is 0 Å². The Labute approximate surface area is 117 Å². The van der Waals surface area contributed by atoms with Crippen molar-refractivity contribution in [3.8, 4) is 0 Å². The molecule has 0 radical (unpaired) electrons. The van der Waals surface area contributed by atoms with E-state index >= 15 is 0 Å². The van der Waals surface area contributed by atoms with Crippen LogP contribution < -0.4 is 0 Å². The second-order valence-electron chi connectivity index (χ2n) is 4.95. The molecule has 1 atom stereocenters. The van der Waals surface area contributed by atoms with Gasteiger partial charge in [0.1, 0.15) is 0 Å². The molecule has 1 unspecified atom stereocenters. The van der Waals surface area contributed by atoms with E-state index in [1.165, 1.54) is 16.0 Å². The smallest absolute Gasteiger partial charge is 0.0971 e. The van der Waals surface area contributed by atoms with Crippen LogP contribution in [0.1, 0.15) is 28.4 Å². The highest BCUT2D eigenvalue weighted by molar-refractivity contribution is 8.08. The molecule has 0 saturated carbocycles. The summed E-state index contributed by atoms with van der Waals surface area (Å²) in [7, 11) is 1.96. The lowest BCUT2D eigenvalue weighted by molar-refractivity contribution is 0.708. The Morgan fingerprint density at radius 2 is 2.05 bits per heavy atom. The Morgan fingerprint density at radius 1 is 1.26 bits per heavy atom. The van der Waals surface area contributed by atoms with Crippen LogP contribution in [0.15, 0.2) is 30.3 Å². The van der Waals surface area contributed by atoms with E-state index in [1.807, 2.05) is 30.4 Å². The fourth-order valence-electron chi connectivity index (χ4n) is 2.59. The van der Waals surface area contributed by atoms with Crippen molar-refractivity contribution in [1.29, 1.82) is 0 Å². The molecule has 1 aliphatic rings. The molecule has 2 heterocycles. The predicted molar refractivity (Wildman–Crippen MR) is 80.1 cm³/mol. The average molecular weight is 271 g/mol. The summed E-state index contributed by atoms with van der Waals surface area (Å²) in [4.78, 5) is 1.30. The Hall–Kier alpha value is -1.55. The first-order valence-corrected chi connectivity index (χ1v) is 7.42. The van der Waals surface area contributed by atoms with Crippen LogP contribution >= 0.6 is 11.8 Å². The van der Waals surface area contributed by atoms with Gasteiger partial charge in [0, 0.05) is 23.6 Å². The maximum Gasteiger partial charge on any atom is 0.0971 e. The van der Waals surface area contributed by atoms with Gasteiger partial charge in [-0.15, -0.1) is 16.9 Å². The molecule has 1 aromatic carbocycles. The number of allylic oxidation sites excluding steroid dienone is 1. The zero-order valence-corrected chi connectivity index (χ0v) is 12.2. The summed E-state index contributed by atoms with van der Waals surface area (Å²) in [5.41, 5.74) is 4.95. The largest absolute Gasteiger partial charge is 0.247 e. The van der Waals surface area contributed by atoms with Crippen LogP contribution in [0.2, 0.25) is 0 Å². The van der Waals surface area contributed by atoms with Gasteiger partial charge in [-0.3, -0.25) is 0 Å². The van der Waals surface area contributed by atoms with E-state index in [0.29, 0.717) is 5.92 Å². The monoisotopic (exact) mass is 271 g/mol. The lowest BCUT2D eigenvalue weighted by Gasteiger charge is -2.09. The fraction of sp³-hybridized carbons (Fsp3) is 0.333. The number of aromatic nitrogens is 3. The summed E-state index contributed by atoms with van der Waals surface area (Å²) in [6, 6.07) is 8.63. The highest BCUT2D eigenvalue weighted by Gasteiger charge is 2.23. The second kappa shape index (κ2) is 4.85. The summed E-state index contributed by atoms with van der Waals surface area (Å²) in [5, 5.41) is 8.22. The predicted octanol–water partition coefficient (Wildman–Crippen LogP) is 3.30. The molecule has 0 bridgehead atoms. The van der Waals surface area contributed by atoms with Crippen molar-refractivity contribution >= 4 is 16.7 Å². The standard InChI is InChI=1S/C15H17N3S/c1-10-6-4-5-7-13(10)12-8-14(19-9-12)15-11(2)16-17-18(15)3/h4-8,12H,9H2,1-3H3. The van der Waals surface area contributed by atoms with Gasteiger partial charge in [0.15, 0.2) is 0 Å². The van der Waals surface area contributed by atoms with Gasteiger partial charge in [0.05, 0.1) is 11.4 Å². The Morgan fingerprint density at radius 3 is 2.74 bits per heavy atom. The molecular formula is C15H17N3S. The van der Waals surface area contributed by atoms with Gasteiger partial charge in [-0.1, -0.05) is 35.6 Å². The van der Waals surface area contributed by atoms with Gasteiger partial charge in [-0.2, -0.15) is 0 Å². The topological polar surface area (TPSA) is 30.7 Å². The van der Waals surface area contributed by atoms with Crippen LogP contribution in [0.25, 0.3) is 4.91 Å². The van der Waals surface area contributed by atoms with Crippen LogP contribution in [0.4, 0.5) is 0 Å². The van der Waals surface area contributed by atoms with Crippen molar-refractivity contribution in [2.75, 3.05) is 5.75 Å². The zero-order valence-electron chi connectivity index (χ0n) is 11.4. The van der Waals surface area contributed by atoms with E-state index in [9.17, 15) is 0 Å². The number of thioether (sulfide) groups is 1. The van der Waals surface area contributed by atoms with Crippen molar-refractivity contribution in [2.45, 2.75) is 19.8 Å². The normalized spacial score (nSPS) is 18.7. The number of hydrogen-bond acceptors (Lipinski definition) is 3. The molecule has 98 valence electrons. The third-order valence-electron chi connectivity index (χ3n) is 3.59. The molecule has 3 rings (SSSR count). The molecule has 2 aromatic rings. The van der Waals surface area contributed by atoms with Crippen molar-refractivity contribution in [3.63, 3.8) is 0 Å². The summed E-state index contributed by atoms with van der Waals surface area (Å²) < 4.78 is 1.87. The second-order valence-corrected chi connectivity index (χ2v) is 6.01. The summed E-state index contributed by atoms with van der Waals surface area (Å²) in [5.74, 6) is 1.60. The van der Waals surface area contributed by atoms with E-state index in [1.54, 1.807) is 0 Å². The molecule has 0 N–H and O–H groups in total. The number of nitrogens with zero attached hydrogens (tertiary/aromatic N) is 3. The number of rotatable bonds is 2. The molecule has 4 heteroatoms. The number of aryl methyl sites for hydroxylation is 3. The summed E-state index contributed by atoms with van der Waals surface area (Å²) >= 11 is 1.90. The van der Waals surface area contributed by atoms with Crippen LogP contribution in [0, 0.1) is 13.8 Å². The molecule has 0 amide bonds. The fourth-order valence-corrected chi connectivity index (χ4v) is 3.90. The molecular weight excluding hydrogens is 254 g/mol. The highest BCUT2D eigenvalue weighted by Crippen LogP contribution is 2.42. The Bertz CT molecular complexity index is 623. The van der Waals surface area contributed by atoms with Crippen molar-refractivity contribution in [2.24, 2.45) is 7.05 Å². The van der Waals surface area contributed by atoms with Gasteiger partial charge in [0.2, 0.25) is 0 Å². The quantitative estimate of drug-likeness (QED) is 0.839. The third kappa shape index (κ3) is 2.21. The van der Waals surface area contributed by atoms with Gasteiger partial charge in [-0.05, 0) is 25.0 Å². The molecule has 0 aliphatic carbocycles. The minimum Gasteiger partial charge on any atom is -0.247 e. The molecule has 3 nitrogen and oxygen atoms in total. The average Bonchev–Trinajstić information content (AvgIpc) is 2.97. The van der Waals surface area contributed by atoms with Gasteiger partial charge in [0.25, 0.3) is 0 Å². The van der Waals surface area contributed by atoms with Gasteiger partial charge < -0.3 is 0 Å². The highest BCUT2D eigenvalue weighted by atomic mass is 32.2. The third-order valence-corrected chi connectivity index (χ3v) is 4.75. The minimum absolute atomic E-state index is 0.496. The molecule has 0 spiro atoms. The van der Waals surface area contributed by atoms with Crippen molar-refractivity contribution in [3.05, 3.63) is 52.9 Å². The molecule has 1 aliphatic heterocycles. The van der Waals surface area contributed by atoms with Crippen LogP contribution in [0.5, 0.6) is 0 Å². The van der Waals surface area contributed by atoms with Crippen LogP contribution in [-0.4, -0.2) is 20.7 Å². The molecule has 1 aromatic heterocycles. The molecule has 0 saturated heterocycles. The lowest BCUT2D eigenvalue weighted by atomic mass is 9.96. The maximum atomic E-state index is 4.13. The van der Waals surface area contributed by atoms with E-state index in [0.717, 1.165) is 17.1 Å². The summed E-state index contributed by atoms with van der Waals surface area (Å²) in [6.45, 7) is 4.20. The van der Waals surface area contributed by atoms with Crippen molar-refractivity contribution in [1.82, 2.24) is 15.0 Å². The first-order valence-electron chi connectivity index (χ1n) is 6.43. The van der Waals surface area contributed by atoms with Crippen LogP contribution in [-0.2, 0) is 7.05 Å². The SMILES string of the molecule is Cc1ccccc1C1C=C(c2c(C)nnn2C)SC1. The Kier molecular flexibility index (Phi) is 3.19. The first-order chi connectivity index (χ1) is 9.16. The van der Waals surface area contributed by atoms with Crippen molar-refractivity contribution < 1.29 is 0 Å². The van der Waals surface area contributed by atoms with Gasteiger partial charge in [-0.25, -0.2) is 4.68 Å². The maximum absolute atomic E-state index is 4.13. The summed E-state index contributed by atoms with van der Waals surface area (Å²) in [6.07, 6.45) is 2.36. The zero-order chi connectivity index (χ0) is 13.4. The van der Waals surface area contributed by atoms with Gasteiger partial charge >= 0.3 is 0 Å². The molecule has 19 heavy (non-hydrogen) atoms. The number of hydrogen-bond donors (Lipinski definition) is 0. The minimum atomic E-state index is 0.496. The molecule has 0 fully saturated rings. The first kappa shape index (κ1) is 12.5. The number of benzene rings is 1. The lowest BCUT2D eigenvalue weighted by Crippen LogP contribution is -1.97. The van der Waals surface area contributed by atoms with E-state index < -0.39 is 0 Å². The Balaban J connectivity index is 1.96. The van der Waals surface area contributed by atoms with E-state index in [-0.39, 0.29) is 0 Å².